The molecule has 0 unspecified atom stereocenters. The topological polar surface area (TPSA) is 23.6 Å². The van der Waals surface area contributed by atoms with Gasteiger partial charge in [-0.25, -0.2) is 4.79 Å². The summed E-state index contributed by atoms with van der Waals surface area (Å²) in [5, 5.41) is 0. The van der Waals surface area contributed by atoms with Crippen molar-refractivity contribution in [3.8, 4) is 0 Å². The highest BCUT2D eigenvalue weighted by Crippen LogP contribution is 2.32. The second kappa shape index (κ2) is 5.84. The van der Waals surface area contributed by atoms with Gasteiger partial charge in [0.25, 0.3) is 0 Å². The van der Waals surface area contributed by atoms with Gasteiger partial charge in [-0.2, -0.15) is 0 Å². The predicted molar refractivity (Wildman–Crippen MR) is 90.0 cm³/mol. The van der Waals surface area contributed by atoms with Crippen LogP contribution in [0.15, 0.2) is 60.7 Å². The molecule has 0 saturated carbocycles. The first-order valence-electron chi connectivity index (χ1n) is 7.80. The number of anilines is 1. The number of benzene rings is 2. The number of carbonyl (C=O) groups is 1. The number of carbonyl (C=O) groups excluding carboxylic acids is 1. The molecule has 0 N–H and O–H groups in total. The van der Waals surface area contributed by atoms with Gasteiger partial charge in [0, 0.05) is 18.8 Å². The van der Waals surface area contributed by atoms with Gasteiger partial charge in [-0.05, 0) is 38.0 Å². The van der Waals surface area contributed by atoms with E-state index in [0.29, 0.717) is 0 Å². The molecule has 2 amide bonds. The predicted octanol–water partition coefficient (Wildman–Crippen LogP) is 4.25. The second-order valence-corrected chi connectivity index (χ2v) is 6.20. The molecule has 1 fully saturated rings. The van der Waals surface area contributed by atoms with Gasteiger partial charge in [0.1, 0.15) is 0 Å². The van der Waals surface area contributed by atoms with E-state index in [9.17, 15) is 4.79 Å². The summed E-state index contributed by atoms with van der Waals surface area (Å²) in [6.45, 7) is 5.82. The van der Waals surface area contributed by atoms with Gasteiger partial charge in [-0.1, -0.05) is 48.5 Å². The Morgan fingerprint density at radius 3 is 2.09 bits per heavy atom. The van der Waals surface area contributed by atoms with Crippen LogP contribution >= 0.6 is 0 Å². The first-order chi connectivity index (χ1) is 10.6. The van der Waals surface area contributed by atoms with Gasteiger partial charge in [0.05, 0.1) is 5.54 Å². The third-order valence-electron chi connectivity index (χ3n) is 4.45. The fourth-order valence-corrected chi connectivity index (χ4v) is 3.09. The molecule has 0 aliphatic carbocycles. The van der Waals surface area contributed by atoms with E-state index in [0.717, 1.165) is 25.2 Å². The maximum absolute atomic E-state index is 13.0. The third-order valence-corrected chi connectivity index (χ3v) is 4.45. The molecular weight excluding hydrogens is 272 g/mol. The van der Waals surface area contributed by atoms with E-state index in [4.69, 9.17) is 0 Å². The number of hydrogen-bond donors (Lipinski definition) is 0. The fourth-order valence-electron chi connectivity index (χ4n) is 3.09. The third kappa shape index (κ3) is 2.59. The number of urea groups is 1. The van der Waals surface area contributed by atoms with E-state index in [1.165, 1.54) is 5.56 Å². The van der Waals surface area contributed by atoms with Crippen LogP contribution in [0.25, 0.3) is 0 Å². The molecule has 1 saturated heterocycles. The summed E-state index contributed by atoms with van der Waals surface area (Å²) < 4.78 is 0. The van der Waals surface area contributed by atoms with Crippen LogP contribution in [0.4, 0.5) is 10.5 Å². The van der Waals surface area contributed by atoms with E-state index >= 15 is 0 Å². The Morgan fingerprint density at radius 2 is 1.45 bits per heavy atom. The van der Waals surface area contributed by atoms with E-state index in [1.807, 2.05) is 58.3 Å². The Hall–Kier alpha value is -2.29. The molecule has 0 aromatic heterocycles. The van der Waals surface area contributed by atoms with E-state index in [2.05, 4.69) is 26.0 Å². The number of para-hydroxylation sites is 1. The maximum Gasteiger partial charge on any atom is 0.325 e. The lowest BCUT2D eigenvalue weighted by Gasteiger charge is -2.45. The molecule has 0 spiro atoms. The maximum atomic E-state index is 13.0. The Bertz CT molecular complexity index is 637. The molecular formula is C19H22N2O. The highest BCUT2D eigenvalue weighted by atomic mass is 16.2. The molecule has 2 aromatic rings. The normalized spacial score (nSPS) is 16.0. The average molecular weight is 294 g/mol. The monoisotopic (exact) mass is 294 g/mol. The SMILES string of the molecule is CC(C)(c1ccccc1)N1CCCN(c2ccccc2)C1=O. The highest BCUT2D eigenvalue weighted by molar-refractivity contribution is 5.93. The van der Waals surface area contributed by atoms with Crippen LogP contribution in [0.5, 0.6) is 0 Å². The average Bonchev–Trinajstić information content (AvgIpc) is 2.56. The van der Waals surface area contributed by atoms with Crippen molar-refractivity contribution < 1.29 is 4.79 Å². The van der Waals surface area contributed by atoms with E-state index < -0.39 is 0 Å². The molecule has 1 aliphatic heterocycles. The zero-order valence-corrected chi connectivity index (χ0v) is 13.2. The molecule has 22 heavy (non-hydrogen) atoms. The summed E-state index contributed by atoms with van der Waals surface area (Å²) in [5.74, 6) is 0. The van der Waals surface area contributed by atoms with Crippen molar-refractivity contribution in [2.24, 2.45) is 0 Å². The molecule has 2 aromatic carbocycles. The Balaban J connectivity index is 1.90. The Morgan fingerprint density at radius 1 is 0.864 bits per heavy atom. The van der Waals surface area contributed by atoms with Crippen LogP contribution < -0.4 is 4.90 Å². The molecule has 114 valence electrons. The van der Waals surface area contributed by atoms with Gasteiger partial charge < -0.3 is 4.90 Å². The molecule has 1 heterocycles. The summed E-state index contributed by atoms with van der Waals surface area (Å²) in [6, 6.07) is 20.3. The van der Waals surface area contributed by atoms with Crippen LogP contribution in [0.3, 0.4) is 0 Å². The zero-order chi connectivity index (χ0) is 15.6. The summed E-state index contributed by atoms with van der Waals surface area (Å²) in [4.78, 5) is 16.9. The zero-order valence-electron chi connectivity index (χ0n) is 13.2. The lowest BCUT2D eigenvalue weighted by Crippen LogP contribution is -2.56. The first kappa shape index (κ1) is 14.6. The molecule has 1 aliphatic rings. The minimum Gasteiger partial charge on any atom is -0.315 e. The minimum atomic E-state index is -0.314. The van der Waals surface area contributed by atoms with Crippen molar-refractivity contribution in [3.63, 3.8) is 0 Å². The number of hydrogen-bond acceptors (Lipinski definition) is 1. The summed E-state index contributed by atoms with van der Waals surface area (Å²) in [6.07, 6.45) is 0.983. The molecule has 0 bridgehead atoms. The number of nitrogens with zero attached hydrogens (tertiary/aromatic N) is 2. The number of rotatable bonds is 3. The van der Waals surface area contributed by atoms with Crippen LogP contribution in [-0.2, 0) is 5.54 Å². The van der Waals surface area contributed by atoms with Crippen LogP contribution in [0, 0.1) is 0 Å². The van der Waals surface area contributed by atoms with Gasteiger partial charge in [-0.15, -0.1) is 0 Å². The highest BCUT2D eigenvalue weighted by Gasteiger charge is 2.37. The quantitative estimate of drug-likeness (QED) is 0.830. The van der Waals surface area contributed by atoms with E-state index in [1.54, 1.807) is 0 Å². The van der Waals surface area contributed by atoms with Crippen molar-refractivity contribution in [1.82, 2.24) is 4.90 Å². The molecule has 0 atom stereocenters. The lowest BCUT2D eigenvalue weighted by molar-refractivity contribution is 0.129. The number of amides is 2. The lowest BCUT2D eigenvalue weighted by atomic mass is 9.91. The van der Waals surface area contributed by atoms with Gasteiger partial charge >= 0.3 is 6.03 Å². The van der Waals surface area contributed by atoms with Crippen LogP contribution in [0.2, 0.25) is 0 Å². The van der Waals surface area contributed by atoms with Crippen LogP contribution in [0.1, 0.15) is 25.8 Å². The molecule has 3 nitrogen and oxygen atoms in total. The van der Waals surface area contributed by atoms with Crippen molar-refractivity contribution in [3.05, 3.63) is 66.2 Å². The molecule has 0 radical (unpaired) electrons. The molecule has 3 heteroatoms. The van der Waals surface area contributed by atoms with E-state index in [-0.39, 0.29) is 11.6 Å². The fraction of sp³-hybridized carbons (Fsp3) is 0.316. The van der Waals surface area contributed by atoms with Crippen LogP contribution in [-0.4, -0.2) is 24.0 Å². The largest absolute Gasteiger partial charge is 0.325 e. The Labute approximate surface area is 132 Å². The standard InChI is InChI=1S/C19H22N2O/c1-19(2,16-10-5-3-6-11-16)21-15-9-14-20(18(21)22)17-12-7-4-8-13-17/h3-8,10-13H,9,14-15H2,1-2H3. The smallest absolute Gasteiger partial charge is 0.315 e. The van der Waals surface area contributed by atoms with Gasteiger partial charge in [0.2, 0.25) is 0 Å². The summed E-state index contributed by atoms with van der Waals surface area (Å²) in [5.41, 5.74) is 1.82. The van der Waals surface area contributed by atoms with Crippen molar-refractivity contribution in [2.75, 3.05) is 18.0 Å². The Kier molecular flexibility index (Phi) is 3.88. The van der Waals surface area contributed by atoms with Gasteiger partial charge in [-0.3, -0.25) is 4.90 Å². The second-order valence-electron chi connectivity index (χ2n) is 6.20. The van der Waals surface area contributed by atoms with Crippen molar-refractivity contribution in [1.29, 1.82) is 0 Å². The minimum absolute atomic E-state index is 0.0892. The first-order valence-corrected chi connectivity index (χ1v) is 7.80. The summed E-state index contributed by atoms with van der Waals surface area (Å²) >= 11 is 0. The summed E-state index contributed by atoms with van der Waals surface area (Å²) in [7, 11) is 0. The van der Waals surface area contributed by atoms with Gasteiger partial charge in [0.15, 0.2) is 0 Å². The molecule has 3 rings (SSSR count). The van der Waals surface area contributed by atoms with Crippen molar-refractivity contribution in [2.45, 2.75) is 25.8 Å². The van der Waals surface area contributed by atoms with Crippen molar-refractivity contribution >= 4 is 11.7 Å².